The van der Waals surface area contributed by atoms with E-state index in [1.54, 1.807) is 14.2 Å². The molecular formula is C34H45NO5. The van der Waals surface area contributed by atoms with Crippen LogP contribution in [0.5, 0.6) is 11.5 Å². The summed E-state index contributed by atoms with van der Waals surface area (Å²) in [5.41, 5.74) is 0.227. The molecule has 4 aliphatic carbocycles. The van der Waals surface area contributed by atoms with Crippen LogP contribution in [0.4, 0.5) is 0 Å². The Hall–Kier alpha value is -2.34. The molecule has 7 rings (SSSR count). The molecule has 4 bridgehead atoms. The van der Waals surface area contributed by atoms with Crippen molar-refractivity contribution in [3.8, 4) is 11.5 Å². The van der Waals surface area contributed by atoms with Crippen molar-refractivity contribution in [2.45, 2.75) is 90.2 Å². The molecular weight excluding hydrogens is 502 g/mol. The van der Waals surface area contributed by atoms with Crippen LogP contribution < -0.4 is 9.47 Å². The summed E-state index contributed by atoms with van der Waals surface area (Å²) in [6.07, 6.45) is 11.5. The molecule has 0 unspecified atom stereocenters. The van der Waals surface area contributed by atoms with Gasteiger partial charge in [-0.1, -0.05) is 45.8 Å². The summed E-state index contributed by atoms with van der Waals surface area (Å²) in [4.78, 5) is 32.2. The monoisotopic (exact) mass is 547 g/mol. The average Bonchev–Trinajstić information content (AvgIpc) is 3.70. The number of Topliss-reactive ketones (excluding diaryl/α,β-unsaturated/α-hetero) is 1. The van der Waals surface area contributed by atoms with Gasteiger partial charge in [0.1, 0.15) is 11.2 Å². The Balaban J connectivity index is 1.41. The molecule has 8 atom stereocenters. The molecule has 2 aliphatic heterocycles. The lowest BCUT2D eigenvalue weighted by Gasteiger charge is -2.49. The van der Waals surface area contributed by atoms with E-state index in [-0.39, 0.29) is 34.9 Å². The quantitative estimate of drug-likeness (QED) is 0.346. The number of allylic oxidation sites excluding steroid dienone is 2. The zero-order valence-corrected chi connectivity index (χ0v) is 24.8. The number of carbonyl (C=O) groups excluding carboxylic acids is 2. The molecule has 6 nitrogen and oxygen atoms in total. The van der Waals surface area contributed by atoms with Gasteiger partial charge in [0.05, 0.1) is 25.9 Å². The highest BCUT2D eigenvalue weighted by Gasteiger charge is 2.78. The first-order valence-corrected chi connectivity index (χ1v) is 15.6. The Morgan fingerprint density at radius 2 is 1.88 bits per heavy atom. The minimum atomic E-state index is -1.05. The Kier molecular flexibility index (Phi) is 5.70. The Morgan fingerprint density at radius 3 is 2.52 bits per heavy atom. The predicted molar refractivity (Wildman–Crippen MR) is 152 cm³/mol. The fraction of sp³-hybridized carbons (Fsp3) is 0.706. The number of carbonyl (C=O) groups is 2. The average molecular weight is 548 g/mol. The normalized spacial score (nSPS) is 41.3. The van der Waals surface area contributed by atoms with Gasteiger partial charge in [-0.05, 0) is 85.0 Å². The lowest BCUT2D eigenvalue weighted by molar-refractivity contribution is -0.151. The zero-order chi connectivity index (χ0) is 28.2. The molecule has 40 heavy (non-hydrogen) atoms. The lowest BCUT2D eigenvalue weighted by Crippen LogP contribution is -2.52. The number of aliphatic hydroxyl groups is 1. The summed E-state index contributed by atoms with van der Waals surface area (Å²) < 4.78 is 11.5. The number of unbranched alkanes of at least 4 members (excludes halogenated alkanes) is 1. The van der Waals surface area contributed by atoms with Gasteiger partial charge in [0.25, 0.3) is 0 Å². The number of ketones is 1. The molecule has 4 fully saturated rings. The molecule has 3 saturated carbocycles. The number of rotatable bonds is 8. The van der Waals surface area contributed by atoms with Crippen LogP contribution in [-0.2, 0) is 21.5 Å². The van der Waals surface area contributed by atoms with Crippen LogP contribution in [0.1, 0.15) is 83.3 Å². The molecule has 6 aliphatic rings. The first kappa shape index (κ1) is 26.6. The fourth-order valence-corrected chi connectivity index (χ4v) is 11.1. The van der Waals surface area contributed by atoms with Crippen molar-refractivity contribution in [1.82, 2.24) is 4.90 Å². The summed E-state index contributed by atoms with van der Waals surface area (Å²) >= 11 is 0. The van der Waals surface area contributed by atoms with Gasteiger partial charge in [-0.2, -0.15) is 0 Å². The van der Waals surface area contributed by atoms with Crippen molar-refractivity contribution in [3.05, 3.63) is 35.4 Å². The molecule has 6 heteroatoms. The summed E-state index contributed by atoms with van der Waals surface area (Å²) in [6, 6.07) is 4.22. The number of fused-ring (bicyclic) bond motifs is 11. The van der Waals surface area contributed by atoms with E-state index in [4.69, 9.17) is 9.47 Å². The standard InChI is InChI=1S/C34H45NO5/c1-6-7-12-33-24-18-26(40-5)25(39-4)16-20(24)11-14-35(33)30(38)34(23-9-8-21(15-23)29(33)34)28(37)19-32-13-10-22(17-27(32)36)31(32,2)3/h8-9,16,18,21-23,27,29,36H,6-7,10-15,17,19H2,1-5H3/t21-,22-,23+,27-,29+,32-,33-,34-/m1/s1. The van der Waals surface area contributed by atoms with Gasteiger partial charge in [0.2, 0.25) is 5.91 Å². The van der Waals surface area contributed by atoms with Gasteiger partial charge >= 0.3 is 0 Å². The van der Waals surface area contributed by atoms with Crippen LogP contribution in [-0.4, -0.2) is 48.6 Å². The van der Waals surface area contributed by atoms with Crippen molar-refractivity contribution in [2.75, 3.05) is 20.8 Å². The Morgan fingerprint density at radius 1 is 1.12 bits per heavy atom. The summed E-state index contributed by atoms with van der Waals surface area (Å²) in [5, 5.41) is 11.4. The van der Waals surface area contributed by atoms with E-state index >= 15 is 9.59 Å². The summed E-state index contributed by atoms with van der Waals surface area (Å²) in [7, 11) is 3.34. The van der Waals surface area contributed by atoms with E-state index in [1.165, 1.54) is 5.56 Å². The molecule has 1 amide bonds. The second kappa shape index (κ2) is 8.59. The van der Waals surface area contributed by atoms with Gasteiger partial charge in [-0.25, -0.2) is 0 Å². The molecule has 0 spiro atoms. The van der Waals surface area contributed by atoms with Crippen molar-refractivity contribution < 1.29 is 24.2 Å². The molecule has 0 radical (unpaired) electrons. The topological polar surface area (TPSA) is 76.1 Å². The van der Waals surface area contributed by atoms with E-state index < -0.39 is 22.5 Å². The maximum absolute atomic E-state index is 15.1. The number of ether oxygens (including phenoxy) is 2. The van der Waals surface area contributed by atoms with E-state index in [1.807, 2.05) is 0 Å². The molecule has 0 aromatic heterocycles. The van der Waals surface area contributed by atoms with Crippen molar-refractivity contribution >= 4 is 11.7 Å². The Labute approximate surface area is 238 Å². The molecule has 1 N–H and O–H groups in total. The zero-order valence-electron chi connectivity index (χ0n) is 24.8. The van der Waals surface area contributed by atoms with E-state index in [2.05, 4.69) is 50.0 Å². The number of amides is 1. The van der Waals surface area contributed by atoms with Gasteiger partial charge < -0.3 is 19.5 Å². The second-order valence-corrected chi connectivity index (χ2v) is 14.3. The van der Waals surface area contributed by atoms with E-state index in [9.17, 15) is 5.11 Å². The highest BCUT2D eigenvalue weighted by atomic mass is 16.5. The fourth-order valence-electron chi connectivity index (χ4n) is 11.1. The van der Waals surface area contributed by atoms with Gasteiger partial charge in [-0.3, -0.25) is 9.59 Å². The van der Waals surface area contributed by atoms with Gasteiger partial charge in [-0.15, -0.1) is 0 Å². The third-order valence-electron chi connectivity index (χ3n) is 13.1. The molecule has 1 aromatic carbocycles. The first-order chi connectivity index (χ1) is 19.1. The molecule has 1 aromatic rings. The predicted octanol–water partition coefficient (Wildman–Crippen LogP) is 5.44. The lowest BCUT2D eigenvalue weighted by atomic mass is 9.55. The minimum absolute atomic E-state index is 0.0483. The molecule has 216 valence electrons. The smallest absolute Gasteiger partial charge is 0.238 e. The third kappa shape index (κ3) is 2.85. The number of benzene rings is 1. The van der Waals surface area contributed by atoms with Crippen LogP contribution in [0.15, 0.2) is 24.3 Å². The maximum Gasteiger partial charge on any atom is 0.238 e. The largest absolute Gasteiger partial charge is 0.493 e. The summed E-state index contributed by atoms with van der Waals surface area (Å²) in [6.45, 7) is 7.33. The first-order valence-electron chi connectivity index (χ1n) is 15.6. The minimum Gasteiger partial charge on any atom is -0.493 e. The van der Waals surface area contributed by atoms with Crippen LogP contribution >= 0.6 is 0 Å². The van der Waals surface area contributed by atoms with Gasteiger partial charge in [0, 0.05) is 24.3 Å². The molecule has 2 heterocycles. The van der Waals surface area contributed by atoms with Crippen molar-refractivity contribution in [2.24, 2.45) is 39.9 Å². The number of hydrogen-bond donors (Lipinski definition) is 1. The number of methoxy groups -OCH3 is 2. The summed E-state index contributed by atoms with van der Waals surface area (Å²) in [5.74, 6) is 2.01. The van der Waals surface area contributed by atoms with Gasteiger partial charge in [0.15, 0.2) is 11.5 Å². The van der Waals surface area contributed by atoms with Crippen molar-refractivity contribution in [3.63, 3.8) is 0 Å². The number of nitrogens with zero attached hydrogens (tertiary/aromatic N) is 1. The maximum atomic E-state index is 15.1. The van der Waals surface area contributed by atoms with Crippen LogP contribution in [0.2, 0.25) is 0 Å². The van der Waals surface area contributed by atoms with Crippen molar-refractivity contribution in [1.29, 1.82) is 0 Å². The highest BCUT2D eigenvalue weighted by Crippen LogP contribution is 2.73. The second-order valence-electron chi connectivity index (χ2n) is 14.3. The molecule has 1 saturated heterocycles. The highest BCUT2D eigenvalue weighted by molar-refractivity contribution is 6.10. The van der Waals surface area contributed by atoms with Crippen LogP contribution in [0.3, 0.4) is 0 Å². The SMILES string of the molecule is CCCC[C@]12c3cc(OC)c(OC)cc3CCN1C(=O)[C@]1(C(=O)C[C@]34CC[C@H](C[C@H]3O)C4(C)C)[C@H]2[C@@H]2C=C[C@H]1C2. The Bertz CT molecular complexity index is 1300. The number of hydrogen-bond acceptors (Lipinski definition) is 5. The number of aliphatic hydroxyl groups excluding tert-OH is 1. The van der Waals surface area contributed by atoms with Crippen LogP contribution in [0, 0.1) is 39.9 Å². The van der Waals surface area contributed by atoms with E-state index in [0.29, 0.717) is 30.4 Å². The van der Waals surface area contributed by atoms with E-state index in [0.717, 1.165) is 56.9 Å². The van der Waals surface area contributed by atoms with Crippen LogP contribution in [0.25, 0.3) is 0 Å². The third-order valence-corrected chi connectivity index (χ3v) is 13.1.